The van der Waals surface area contributed by atoms with E-state index in [2.05, 4.69) is 10.3 Å². The molecule has 19 heavy (non-hydrogen) atoms. The molecule has 0 amide bonds. The Morgan fingerprint density at radius 1 is 1.53 bits per heavy atom. The number of rotatable bonds is 4. The molecule has 0 radical (unpaired) electrons. The Balaban J connectivity index is 2.38. The Labute approximate surface area is 111 Å². The van der Waals surface area contributed by atoms with Crippen LogP contribution in [0.1, 0.15) is 42.5 Å². The van der Waals surface area contributed by atoms with Gasteiger partial charge >= 0.3 is 5.97 Å². The first-order valence-corrected chi connectivity index (χ1v) is 8.00. The number of hydrogen-bond donors (Lipinski definition) is 1. The molecule has 2 heterocycles. The summed E-state index contributed by atoms with van der Waals surface area (Å²) in [4.78, 5) is 11.1. The minimum atomic E-state index is -3.04. The molecule has 1 aromatic rings. The second kappa shape index (κ2) is 4.92. The van der Waals surface area contributed by atoms with Crippen LogP contribution in [0.15, 0.2) is 0 Å². The highest BCUT2D eigenvalue weighted by atomic mass is 32.2. The fourth-order valence-corrected chi connectivity index (χ4v) is 4.01. The number of sulfone groups is 1. The van der Waals surface area contributed by atoms with Gasteiger partial charge in [-0.3, -0.25) is 0 Å². The van der Waals surface area contributed by atoms with Crippen LogP contribution in [-0.4, -0.2) is 46.0 Å². The molecule has 7 nitrogen and oxygen atoms in total. The lowest BCUT2D eigenvalue weighted by Gasteiger charge is -2.13. The van der Waals surface area contributed by atoms with Gasteiger partial charge in [0.25, 0.3) is 0 Å². The van der Waals surface area contributed by atoms with Crippen molar-refractivity contribution in [3.8, 4) is 0 Å². The number of hydrogen-bond acceptors (Lipinski definition) is 5. The number of aromatic carboxylic acids is 1. The van der Waals surface area contributed by atoms with E-state index in [0.717, 1.165) is 0 Å². The van der Waals surface area contributed by atoms with E-state index in [9.17, 15) is 13.2 Å². The molecule has 0 spiro atoms. The normalized spacial score (nSPS) is 21.9. The zero-order valence-electron chi connectivity index (χ0n) is 10.9. The van der Waals surface area contributed by atoms with Crippen LogP contribution in [0.5, 0.6) is 0 Å². The van der Waals surface area contributed by atoms with Gasteiger partial charge in [-0.25, -0.2) is 17.9 Å². The third kappa shape index (κ3) is 2.94. The number of nitrogens with zero attached hydrogens (tertiary/aromatic N) is 3. The summed E-state index contributed by atoms with van der Waals surface area (Å²) in [6.07, 6.45) is 0.987. The Bertz CT molecular complexity index is 591. The van der Waals surface area contributed by atoms with Crippen molar-refractivity contribution in [2.75, 3.05) is 11.5 Å². The third-order valence-electron chi connectivity index (χ3n) is 3.15. The summed E-state index contributed by atoms with van der Waals surface area (Å²) in [5, 5.41) is 16.6. The summed E-state index contributed by atoms with van der Waals surface area (Å²) in [6, 6.07) is -0.292. The third-order valence-corrected chi connectivity index (χ3v) is 4.90. The van der Waals surface area contributed by atoms with Gasteiger partial charge in [0, 0.05) is 0 Å². The van der Waals surface area contributed by atoms with Crippen LogP contribution < -0.4 is 0 Å². The van der Waals surface area contributed by atoms with Gasteiger partial charge in [0.2, 0.25) is 0 Å². The molecular weight excluding hydrogens is 270 g/mol. The first kappa shape index (κ1) is 14.0. The molecule has 106 valence electrons. The smallest absolute Gasteiger partial charge is 0.358 e. The van der Waals surface area contributed by atoms with Crippen molar-refractivity contribution in [3.63, 3.8) is 0 Å². The van der Waals surface area contributed by atoms with Gasteiger partial charge in [-0.1, -0.05) is 19.1 Å². The highest BCUT2D eigenvalue weighted by molar-refractivity contribution is 7.91. The van der Waals surface area contributed by atoms with Crippen molar-refractivity contribution in [2.45, 2.75) is 32.7 Å². The van der Waals surface area contributed by atoms with Gasteiger partial charge in [0.05, 0.1) is 23.2 Å². The Hall–Kier alpha value is -1.44. The van der Waals surface area contributed by atoms with E-state index in [1.54, 1.807) is 0 Å². The molecule has 2 rings (SSSR count). The van der Waals surface area contributed by atoms with E-state index >= 15 is 0 Å². The van der Waals surface area contributed by atoms with Crippen molar-refractivity contribution in [2.24, 2.45) is 5.92 Å². The molecule has 0 saturated carbocycles. The number of aromatic nitrogens is 3. The maximum Gasteiger partial charge on any atom is 0.358 e. The molecule has 1 unspecified atom stereocenters. The summed E-state index contributed by atoms with van der Waals surface area (Å²) >= 11 is 0. The second-order valence-corrected chi connectivity index (χ2v) is 7.52. The Morgan fingerprint density at radius 3 is 2.68 bits per heavy atom. The maximum atomic E-state index is 11.5. The Kier molecular flexibility index (Phi) is 3.62. The first-order valence-electron chi connectivity index (χ1n) is 6.18. The summed E-state index contributed by atoms with van der Waals surface area (Å²) in [5.74, 6) is -0.738. The summed E-state index contributed by atoms with van der Waals surface area (Å²) in [5.41, 5.74) is 0.447. The van der Waals surface area contributed by atoms with Gasteiger partial charge in [0.15, 0.2) is 15.5 Å². The maximum absolute atomic E-state index is 11.5. The zero-order chi connectivity index (χ0) is 14.2. The average molecular weight is 287 g/mol. The number of carbonyl (C=O) groups is 1. The zero-order valence-corrected chi connectivity index (χ0v) is 11.7. The van der Waals surface area contributed by atoms with Crippen LogP contribution in [0.2, 0.25) is 0 Å². The van der Waals surface area contributed by atoms with Crippen LogP contribution in [0.3, 0.4) is 0 Å². The predicted molar refractivity (Wildman–Crippen MR) is 67.8 cm³/mol. The van der Waals surface area contributed by atoms with E-state index in [1.165, 1.54) is 4.68 Å². The molecular formula is C11H17N3O4S. The van der Waals surface area contributed by atoms with Crippen LogP contribution in [-0.2, 0) is 16.3 Å². The SMILES string of the molecule is CC(C)Cc1c(C(=O)O)nnn1C1CCS(=O)(=O)C1. The van der Waals surface area contributed by atoms with E-state index in [4.69, 9.17) is 5.11 Å². The topological polar surface area (TPSA) is 102 Å². The number of carboxylic acids is 1. The Morgan fingerprint density at radius 2 is 2.21 bits per heavy atom. The van der Waals surface area contributed by atoms with Crippen LogP contribution in [0.4, 0.5) is 0 Å². The van der Waals surface area contributed by atoms with Crippen LogP contribution in [0, 0.1) is 5.92 Å². The second-order valence-electron chi connectivity index (χ2n) is 5.29. The highest BCUT2D eigenvalue weighted by Crippen LogP contribution is 2.26. The summed E-state index contributed by atoms with van der Waals surface area (Å²) in [6.45, 7) is 3.93. The fourth-order valence-electron chi connectivity index (χ4n) is 2.32. The summed E-state index contributed by atoms with van der Waals surface area (Å²) < 4.78 is 24.5. The van der Waals surface area contributed by atoms with E-state index in [0.29, 0.717) is 18.5 Å². The van der Waals surface area contributed by atoms with Crippen molar-refractivity contribution in [1.29, 1.82) is 0 Å². The first-order chi connectivity index (χ1) is 8.80. The van der Waals surface area contributed by atoms with E-state index < -0.39 is 15.8 Å². The monoisotopic (exact) mass is 287 g/mol. The number of carboxylic acid groups (broad SMARTS) is 1. The quantitative estimate of drug-likeness (QED) is 0.866. The minimum absolute atomic E-state index is 0.0144. The van der Waals surface area contributed by atoms with Crippen molar-refractivity contribution in [3.05, 3.63) is 11.4 Å². The lowest BCUT2D eigenvalue weighted by molar-refractivity contribution is 0.0689. The van der Waals surface area contributed by atoms with Crippen molar-refractivity contribution >= 4 is 15.8 Å². The average Bonchev–Trinajstić information content (AvgIpc) is 2.81. The molecule has 1 atom stereocenters. The largest absolute Gasteiger partial charge is 0.476 e. The van der Waals surface area contributed by atoms with Crippen LogP contribution >= 0.6 is 0 Å². The van der Waals surface area contributed by atoms with Gasteiger partial charge in [-0.05, 0) is 18.8 Å². The molecule has 1 saturated heterocycles. The van der Waals surface area contributed by atoms with E-state index in [-0.39, 0.29) is 29.2 Å². The van der Waals surface area contributed by atoms with Crippen molar-refractivity contribution < 1.29 is 18.3 Å². The molecule has 1 aromatic heterocycles. The highest BCUT2D eigenvalue weighted by Gasteiger charge is 2.33. The van der Waals surface area contributed by atoms with Crippen LogP contribution in [0.25, 0.3) is 0 Å². The lowest BCUT2D eigenvalue weighted by Crippen LogP contribution is -2.17. The molecule has 8 heteroatoms. The molecule has 1 aliphatic rings. The standard InChI is InChI=1S/C11H17N3O4S/c1-7(2)5-9-10(11(15)16)12-13-14(9)8-3-4-19(17,18)6-8/h7-8H,3-6H2,1-2H3,(H,15,16). The van der Waals surface area contributed by atoms with Gasteiger partial charge < -0.3 is 5.11 Å². The van der Waals surface area contributed by atoms with Gasteiger partial charge in [-0.2, -0.15) is 0 Å². The van der Waals surface area contributed by atoms with Crippen molar-refractivity contribution in [1.82, 2.24) is 15.0 Å². The molecule has 0 bridgehead atoms. The molecule has 0 aliphatic carbocycles. The predicted octanol–water partition coefficient (Wildman–Crippen LogP) is 0.534. The minimum Gasteiger partial charge on any atom is -0.476 e. The lowest BCUT2D eigenvalue weighted by atomic mass is 10.1. The van der Waals surface area contributed by atoms with E-state index in [1.807, 2.05) is 13.8 Å². The molecule has 1 fully saturated rings. The summed E-state index contributed by atoms with van der Waals surface area (Å²) in [7, 11) is -3.04. The molecule has 1 aliphatic heterocycles. The van der Waals surface area contributed by atoms with Gasteiger partial charge in [0.1, 0.15) is 0 Å². The fraction of sp³-hybridized carbons (Fsp3) is 0.727. The molecule has 1 N–H and O–H groups in total. The van der Waals surface area contributed by atoms with Gasteiger partial charge in [-0.15, -0.1) is 5.10 Å². The molecule has 0 aromatic carbocycles.